The SMILES string of the molecule is CN(CCCNC(=O)CCCN(C)S(=O)(=O)c1ccc(F)cc1)CC(F)(F)F. The molecule has 0 aromatic heterocycles. The minimum Gasteiger partial charge on any atom is -0.356 e. The summed E-state index contributed by atoms with van der Waals surface area (Å²) in [6.45, 7) is -0.472. The predicted molar refractivity (Wildman–Crippen MR) is 96.6 cm³/mol. The minimum atomic E-state index is -4.25. The Balaban J connectivity index is 2.27. The van der Waals surface area contributed by atoms with Crippen LogP contribution in [0, 0.1) is 5.82 Å². The van der Waals surface area contributed by atoms with E-state index in [0.29, 0.717) is 6.42 Å². The Morgan fingerprint density at radius 3 is 2.25 bits per heavy atom. The summed E-state index contributed by atoms with van der Waals surface area (Å²) in [6, 6.07) is 4.45. The van der Waals surface area contributed by atoms with E-state index in [1.165, 1.54) is 26.2 Å². The van der Waals surface area contributed by atoms with Gasteiger partial charge in [0.15, 0.2) is 0 Å². The molecule has 0 saturated heterocycles. The molecule has 0 heterocycles. The average molecular weight is 427 g/mol. The summed E-state index contributed by atoms with van der Waals surface area (Å²) in [5.41, 5.74) is 0. The van der Waals surface area contributed by atoms with Crippen LogP contribution < -0.4 is 5.32 Å². The van der Waals surface area contributed by atoms with Crippen molar-refractivity contribution in [3.63, 3.8) is 0 Å². The molecule has 0 radical (unpaired) electrons. The first-order valence-electron chi connectivity index (χ1n) is 8.66. The molecule has 1 aromatic rings. The molecule has 0 saturated carbocycles. The third kappa shape index (κ3) is 8.98. The molecule has 0 bridgehead atoms. The smallest absolute Gasteiger partial charge is 0.356 e. The van der Waals surface area contributed by atoms with Crippen molar-refractivity contribution in [1.29, 1.82) is 0 Å². The van der Waals surface area contributed by atoms with Crippen molar-refractivity contribution >= 4 is 15.9 Å². The normalized spacial score (nSPS) is 12.6. The molecule has 1 aromatic carbocycles. The fraction of sp³-hybridized carbons (Fsp3) is 0.588. The van der Waals surface area contributed by atoms with E-state index in [1.807, 2.05) is 0 Å². The Bertz CT molecular complexity index is 724. The summed E-state index contributed by atoms with van der Waals surface area (Å²) in [6.07, 6.45) is -3.52. The highest BCUT2D eigenvalue weighted by atomic mass is 32.2. The van der Waals surface area contributed by atoms with Crippen LogP contribution in [0.2, 0.25) is 0 Å². The van der Waals surface area contributed by atoms with E-state index in [9.17, 15) is 30.8 Å². The molecule has 0 spiro atoms. The lowest BCUT2D eigenvalue weighted by Crippen LogP contribution is -2.34. The molecule has 1 amide bonds. The van der Waals surface area contributed by atoms with E-state index in [4.69, 9.17) is 0 Å². The minimum absolute atomic E-state index is 0.0381. The molecule has 1 N–H and O–H groups in total. The van der Waals surface area contributed by atoms with Crippen LogP contribution in [0.5, 0.6) is 0 Å². The Morgan fingerprint density at radius 2 is 1.68 bits per heavy atom. The number of alkyl halides is 3. The van der Waals surface area contributed by atoms with Crippen molar-refractivity contribution in [3.8, 4) is 0 Å². The summed E-state index contributed by atoms with van der Waals surface area (Å²) in [5.74, 6) is -0.839. The molecule has 0 aliphatic heterocycles. The van der Waals surface area contributed by atoms with Gasteiger partial charge >= 0.3 is 6.18 Å². The molecule has 0 aliphatic carbocycles. The molecule has 6 nitrogen and oxygen atoms in total. The van der Waals surface area contributed by atoms with Crippen LogP contribution in [0.25, 0.3) is 0 Å². The zero-order chi connectivity index (χ0) is 21.4. The van der Waals surface area contributed by atoms with Crippen LogP contribution in [0.4, 0.5) is 17.6 Å². The number of carbonyl (C=O) groups excluding carboxylic acids is 1. The molecule has 11 heteroatoms. The lowest BCUT2D eigenvalue weighted by molar-refractivity contribution is -0.143. The molecule has 28 heavy (non-hydrogen) atoms. The number of carbonyl (C=O) groups is 1. The summed E-state index contributed by atoms with van der Waals surface area (Å²) >= 11 is 0. The van der Waals surface area contributed by atoms with Crippen molar-refractivity contribution in [2.75, 3.05) is 40.3 Å². The predicted octanol–water partition coefficient (Wildman–Crippen LogP) is 2.23. The van der Waals surface area contributed by atoms with Crippen molar-refractivity contribution < 1.29 is 30.8 Å². The molecule has 0 unspecified atom stereocenters. The van der Waals surface area contributed by atoms with Gasteiger partial charge in [-0.25, -0.2) is 17.1 Å². The summed E-state index contributed by atoms with van der Waals surface area (Å²) < 4.78 is 75.2. The number of hydrogen-bond donors (Lipinski definition) is 1. The number of nitrogens with one attached hydrogen (secondary N) is 1. The highest BCUT2D eigenvalue weighted by molar-refractivity contribution is 7.89. The van der Waals surface area contributed by atoms with Gasteiger partial charge in [0.1, 0.15) is 5.82 Å². The number of amides is 1. The van der Waals surface area contributed by atoms with Crippen LogP contribution in [-0.2, 0) is 14.8 Å². The van der Waals surface area contributed by atoms with Gasteiger partial charge < -0.3 is 5.32 Å². The fourth-order valence-electron chi connectivity index (χ4n) is 2.42. The summed E-state index contributed by atoms with van der Waals surface area (Å²) in [7, 11) is -1.04. The van der Waals surface area contributed by atoms with Crippen LogP contribution in [-0.4, -0.2) is 70.0 Å². The maximum absolute atomic E-state index is 12.9. The number of rotatable bonds is 11. The molecule has 1 rings (SSSR count). The Kier molecular flexibility index (Phi) is 9.31. The monoisotopic (exact) mass is 427 g/mol. The molecular formula is C17H25F4N3O3S. The third-order valence-electron chi connectivity index (χ3n) is 3.89. The topological polar surface area (TPSA) is 69.7 Å². The molecular weight excluding hydrogens is 402 g/mol. The van der Waals surface area contributed by atoms with Gasteiger partial charge in [-0.3, -0.25) is 9.69 Å². The zero-order valence-corrected chi connectivity index (χ0v) is 16.6. The molecule has 0 fully saturated rings. The number of benzene rings is 1. The lowest BCUT2D eigenvalue weighted by Gasteiger charge is -2.18. The summed E-state index contributed by atoms with van der Waals surface area (Å²) in [5, 5.41) is 2.59. The second-order valence-electron chi connectivity index (χ2n) is 6.44. The second-order valence-corrected chi connectivity index (χ2v) is 8.49. The van der Waals surface area contributed by atoms with Crippen LogP contribution in [0.15, 0.2) is 29.2 Å². The molecule has 0 atom stereocenters. The van der Waals surface area contributed by atoms with E-state index >= 15 is 0 Å². The molecule has 0 aliphatic rings. The van der Waals surface area contributed by atoms with Gasteiger partial charge in [-0.05, 0) is 50.7 Å². The average Bonchev–Trinajstić information content (AvgIpc) is 2.57. The van der Waals surface area contributed by atoms with E-state index in [1.54, 1.807) is 0 Å². The van der Waals surface area contributed by atoms with Crippen molar-refractivity contribution in [2.45, 2.75) is 30.3 Å². The van der Waals surface area contributed by atoms with E-state index in [2.05, 4.69) is 5.32 Å². The van der Waals surface area contributed by atoms with E-state index < -0.39 is 28.6 Å². The highest BCUT2D eigenvalue weighted by Gasteiger charge is 2.28. The zero-order valence-electron chi connectivity index (χ0n) is 15.8. The van der Waals surface area contributed by atoms with Gasteiger partial charge in [0, 0.05) is 26.6 Å². The first-order valence-corrected chi connectivity index (χ1v) is 10.1. The van der Waals surface area contributed by atoms with Crippen LogP contribution >= 0.6 is 0 Å². The van der Waals surface area contributed by atoms with E-state index in [-0.39, 0.29) is 43.3 Å². The van der Waals surface area contributed by atoms with Crippen molar-refractivity contribution in [1.82, 2.24) is 14.5 Å². The van der Waals surface area contributed by atoms with Gasteiger partial charge in [-0.15, -0.1) is 0 Å². The van der Waals surface area contributed by atoms with Crippen molar-refractivity contribution in [3.05, 3.63) is 30.1 Å². The largest absolute Gasteiger partial charge is 0.401 e. The maximum atomic E-state index is 12.9. The molecule has 160 valence electrons. The van der Waals surface area contributed by atoms with Crippen molar-refractivity contribution in [2.24, 2.45) is 0 Å². The Morgan fingerprint density at radius 1 is 1.07 bits per heavy atom. The first-order chi connectivity index (χ1) is 12.9. The maximum Gasteiger partial charge on any atom is 0.401 e. The summed E-state index contributed by atoms with van der Waals surface area (Å²) in [4.78, 5) is 12.8. The van der Waals surface area contributed by atoms with Gasteiger partial charge in [-0.2, -0.15) is 13.2 Å². The third-order valence-corrected chi connectivity index (χ3v) is 5.76. The highest BCUT2D eigenvalue weighted by Crippen LogP contribution is 2.16. The van der Waals surface area contributed by atoms with Crippen LogP contribution in [0.3, 0.4) is 0 Å². The van der Waals surface area contributed by atoms with Gasteiger partial charge in [0.05, 0.1) is 11.4 Å². The van der Waals surface area contributed by atoms with Crippen LogP contribution in [0.1, 0.15) is 19.3 Å². The lowest BCUT2D eigenvalue weighted by atomic mass is 10.3. The van der Waals surface area contributed by atoms with Gasteiger partial charge in [0.2, 0.25) is 15.9 Å². The number of halogens is 4. The Hall–Kier alpha value is -1.72. The first kappa shape index (κ1) is 24.3. The number of nitrogens with zero attached hydrogens (tertiary/aromatic N) is 2. The second kappa shape index (κ2) is 10.7. The van der Waals surface area contributed by atoms with Gasteiger partial charge in [-0.1, -0.05) is 0 Å². The fourth-order valence-corrected chi connectivity index (χ4v) is 3.63. The Labute approximate surface area is 162 Å². The van der Waals surface area contributed by atoms with E-state index in [0.717, 1.165) is 21.3 Å². The quantitative estimate of drug-likeness (QED) is 0.434. The number of hydrogen-bond acceptors (Lipinski definition) is 4. The standard InChI is InChI=1S/C17H25F4N3O3S/c1-23(13-17(19,20)21)11-4-10-22-16(25)5-3-12-24(2)28(26,27)15-8-6-14(18)7-9-15/h6-9H,3-5,10-13H2,1-2H3,(H,22,25). The number of sulfonamides is 1. The van der Waals surface area contributed by atoms with Gasteiger partial charge in [0.25, 0.3) is 0 Å².